The summed E-state index contributed by atoms with van der Waals surface area (Å²) in [5.74, 6) is -0.974. The van der Waals surface area contributed by atoms with Crippen LogP contribution in [-0.2, 0) is 20.9 Å². The van der Waals surface area contributed by atoms with Crippen LogP contribution in [0.5, 0.6) is 11.5 Å². The molecular weight excluding hydrogens is 655 g/mol. The zero-order chi connectivity index (χ0) is 36.4. The number of ether oxygens (including phenoxy) is 4. The van der Waals surface area contributed by atoms with Crippen LogP contribution in [0.15, 0.2) is 71.9 Å². The zero-order valence-electron chi connectivity index (χ0n) is 30.1. The highest BCUT2D eigenvalue weighted by Crippen LogP contribution is 2.61. The summed E-state index contributed by atoms with van der Waals surface area (Å²) < 4.78 is 40.1. The van der Waals surface area contributed by atoms with Gasteiger partial charge in [0.25, 0.3) is 0 Å². The number of benzene rings is 2. The maximum Gasteiger partial charge on any atom is 0.409 e. The van der Waals surface area contributed by atoms with Gasteiger partial charge in [0.05, 0.1) is 24.8 Å². The quantitative estimate of drug-likeness (QED) is 0.0953. The maximum absolute atomic E-state index is 14.5. The Kier molecular flexibility index (Phi) is 13.5. The van der Waals surface area contributed by atoms with E-state index in [9.17, 15) is 19.4 Å². The Bertz CT molecular complexity index is 1550. The van der Waals surface area contributed by atoms with E-state index in [0.717, 1.165) is 36.8 Å². The van der Waals surface area contributed by atoms with Crippen molar-refractivity contribution in [3.8, 4) is 11.5 Å². The molecule has 0 radical (unpaired) electrons. The van der Waals surface area contributed by atoms with E-state index >= 15 is 0 Å². The molecule has 11 heteroatoms. The number of likely N-dealkylation sites (N-methyl/N-ethyl adjacent to an activating group) is 1. The number of carbonyl (C=O) groups is 1. The van der Waals surface area contributed by atoms with Gasteiger partial charge >= 0.3 is 6.09 Å². The van der Waals surface area contributed by atoms with Gasteiger partial charge in [0.1, 0.15) is 36.6 Å². The van der Waals surface area contributed by atoms with Crippen LogP contribution >= 0.6 is 0 Å². The van der Waals surface area contributed by atoms with E-state index in [1.807, 2.05) is 25.1 Å². The number of hydrogen-bond acceptors (Lipinski definition) is 9. The molecule has 6 unspecified atom stereocenters. The first-order valence-corrected chi connectivity index (χ1v) is 18.3. The summed E-state index contributed by atoms with van der Waals surface area (Å²) >= 11 is 0. The molecule has 0 bridgehead atoms. The Hall–Kier alpha value is -3.93. The number of amides is 1. The third kappa shape index (κ3) is 8.26. The topological polar surface area (TPSA) is 119 Å². The number of nitrogens with zero attached hydrogens (tertiary/aromatic N) is 2. The molecule has 278 valence electrons. The van der Waals surface area contributed by atoms with Crippen molar-refractivity contribution >= 4 is 11.8 Å². The van der Waals surface area contributed by atoms with E-state index in [4.69, 9.17) is 23.8 Å². The highest BCUT2D eigenvalue weighted by Gasteiger charge is 2.65. The molecule has 6 atom stereocenters. The highest BCUT2D eigenvalue weighted by atomic mass is 19.1. The van der Waals surface area contributed by atoms with Crippen molar-refractivity contribution in [2.75, 3.05) is 40.1 Å². The monoisotopic (exact) mass is 708 g/mol. The Morgan fingerprint density at radius 1 is 1.10 bits per heavy atom. The molecule has 10 nitrogen and oxygen atoms in total. The number of unbranched alkanes of at least 4 members (excludes halogenated alkanes) is 2. The number of aliphatic hydroxyl groups is 2. The molecule has 2 aromatic carbocycles. The number of aliphatic hydroxyl groups excluding tert-OH is 2. The average Bonchev–Trinajstić information content (AvgIpc) is 3.14. The number of hydrogen-bond donors (Lipinski definition) is 2. The second-order valence-electron chi connectivity index (χ2n) is 13.4. The SMILES string of the molecule is C=CCOC12Oc3ccc(OCc4ccccc4F)cc3C3C(CCCCO)C(CCCCO)C=C(C(=NOCC)CC1N(C)C(=O)OCC)C32. The van der Waals surface area contributed by atoms with Gasteiger partial charge in [-0.3, -0.25) is 0 Å². The summed E-state index contributed by atoms with van der Waals surface area (Å²) in [4.78, 5) is 20.7. The third-order valence-corrected chi connectivity index (χ3v) is 10.3. The van der Waals surface area contributed by atoms with Crippen molar-refractivity contribution in [3.63, 3.8) is 0 Å². The van der Waals surface area contributed by atoms with Crippen LogP contribution in [0.2, 0.25) is 0 Å². The Morgan fingerprint density at radius 3 is 2.57 bits per heavy atom. The van der Waals surface area contributed by atoms with Gasteiger partial charge in [-0.05, 0) is 81.2 Å². The van der Waals surface area contributed by atoms with Crippen LogP contribution in [0.1, 0.15) is 75.8 Å². The van der Waals surface area contributed by atoms with Gasteiger partial charge < -0.3 is 38.9 Å². The standard InChI is InChI=1S/C40H53FN2O8/c1-5-22-49-40-36(43(4)39(46)47-6-2)25-34(42-50-7-3)31-23-27(14-10-12-20-44)30(16-11-13-21-45)37(38(31)40)32-24-29(18-19-35(32)51-40)48-26-28-15-8-9-17-33(28)41/h5,8-9,15,17-19,23-24,27,30,36-38,44-45H,1,6-7,10-14,16,20-22,25-26H2,2-4H3. The van der Waals surface area contributed by atoms with Gasteiger partial charge in [-0.25, -0.2) is 9.18 Å². The number of allylic oxidation sites excluding steroid dienone is 1. The number of oxime groups is 1. The molecule has 3 aliphatic rings. The van der Waals surface area contributed by atoms with Crippen molar-refractivity contribution in [1.82, 2.24) is 4.90 Å². The molecule has 2 N–H and O–H groups in total. The predicted octanol–water partition coefficient (Wildman–Crippen LogP) is 7.15. The minimum Gasteiger partial charge on any atom is -0.489 e. The van der Waals surface area contributed by atoms with Gasteiger partial charge in [0, 0.05) is 43.7 Å². The van der Waals surface area contributed by atoms with E-state index in [1.54, 1.807) is 43.1 Å². The minimum absolute atomic E-state index is 0.0548. The Labute approximate surface area is 300 Å². The molecule has 1 heterocycles. The van der Waals surface area contributed by atoms with Crippen molar-refractivity contribution in [2.45, 2.75) is 83.1 Å². The van der Waals surface area contributed by atoms with Crippen LogP contribution in [0.4, 0.5) is 9.18 Å². The van der Waals surface area contributed by atoms with Gasteiger partial charge in [0.2, 0.25) is 5.79 Å². The predicted molar refractivity (Wildman–Crippen MR) is 192 cm³/mol. The first-order chi connectivity index (χ1) is 24.8. The Balaban J connectivity index is 1.72. The summed E-state index contributed by atoms with van der Waals surface area (Å²) in [6.45, 7) is 8.57. The van der Waals surface area contributed by atoms with Gasteiger partial charge in [-0.15, -0.1) is 6.58 Å². The Morgan fingerprint density at radius 2 is 1.86 bits per heavy atom. The number of fused-ring (bicyclic) bond motifs is 2. The molecule has 0 aromatic heterocycles. The lowest BCUT2D eigenvalue weighted by molar-refractivity contribution is -0.253. The van der Waals surface area contributed by atoms with E-state index < -0.39 is 23.8 Å². The minimum atomic E-state index is -1.36. The fourth-order valence-electron chi connectivity index (χ4n) is 8.09. The summed E-state index contributed by atoms with van der Waals surface area (Å²) in [5, 5.41) is 24.1. The van der Waals surface area contributed by atoms with Crippen molar-refractivity contribution < 1.29 is 43.2 Å². The lowest BCUT2D eigenvalue weighted by Gasteiger charge is -2.59. The molecule has 1 aliphatic heterocycles. The number of halogens is 1. The van der Waals surface area contributed by atoms with E-state index in [2.05, 4.69) is 17.8 Å². The van der Waals surface area contributed by atoms with Crippen LogP contribution in [0.3, 0.4) is 0 Å². The van der Waals surface area contributed by atoms with Crippen LogP contribution in [-0.4, -0.2) is 78.8 Å². The molecule has 0 spiro atoms. The maximum atomic E-state index is 14.5. The lowest BCUT2D eigenvalue weighted by atomic mass is 9.55. The number of carbonyl (C=O) groups excluding carboxylic acids is 1. The molecule has 0 saturated heterocycles. The molecule has 1 saturated carbocycles. The summed E-state index contributed by atoms with van der Waals surface area (Å²) in [6.07, 6.45) is 8.38. The largest absolute Gasteiger partial charge is 0.489 e. The second-order valence-corrected chi connectivity index (χ2v) is 13.4. The van der Waals surface area contributed by atoms with E-state index in [1.165, 1.54) is 6.07 Å². The molecule has 2 aromatic rings. The molecule has 1 amide bonds. The van der Waals surface area contributed by atoms with Crippen molar-refractivity contribution in [1.29, 1.82) is 0 Å². The summed E-state index contributed by atoms with van der Waals surface area (Å²) in [6, 6.07) is 11.6. The van der Waals surface area contributed by atoms with Crippen LogP contribution in [0.25, 0.3) is 0 Å². The van der Waals surface area contributed by atoms with Crippen LogP contribution < -0.4 is 9.47 Å². The molecule has 2 aliphatic carbocycles. The summed E-state index contributed by atoms with van der Waals surface area (Å²) in [7, 11) is 1.70. The smallest absolute Gasteiger partial charge is 0.409 e. The summed E-state index contributed by atoms with van der Waals surface area (Å²) in [5.41, 5.74) is 3.03. The fourth-order valence-corrected chi connectivity index (χ4v) is 8.09. The van der Waals surface area contributed by atoms with E-state index in [0.29, 0.717) is 48.6 Å². The lowest BCUT2D eigenvalue weighted by Crippen LogP contribution is -2.69. The first-order valence-electron chi connectivity index (χ1n) is 18.3. The number of rotatable bonds is 18. The van der Waals surface area contributed by atoms with Gasteiger partial charge in [-0.2, -0.15) is 0 Å². The fraction of sp³-hybridized carbons (Fsp3) is 0.550. The zero-order valence-corrected chi connectivity index (χ0v) is 30.1. The van der Waals surface area contributed by atoms with Crippen molar-refractivity contribution in [3.05, 3.63) is 83.7 Å². The molecule has 1 fully saturated rings. The third-order valence-electron chi connectivity index (χ3n) is 10.3. The second kappa shape index (κ2) is 18.0. The molecule has 51 heavy (non-hydrogen) atoms. The van der Waals surface area contributed by atoms with Crippen LogP contribution in [0, 0.1) is 23.6 Å². The molecular formula is C40H53FN2O8. The normalized spacial score (nSPS) is 25.6. The first kappa shape index (κ1) is 38.3. The highest BCUT2D eigenvalue weighted by molar-refractivity contribution is 6.02. The molecule has 5 rings (SSSR count). The van der Waals surface area contributed by atoms with Crippen molar-refractivity contribution in [2.24, 2.45) is 22.9 Å². The average molecular weight is 709 g/mol. The van der Waals surface area contributed by atoms with Gasteiger partial charge in [-0.1, -0.05) is 48.3 Å². The van der Waals surface area contributed by atoms with E-state index in [-0.39, 0.29) is 56.6 Å². The van der Waals surface area contributed by atoms with Gasteiger partial charge in [0.15, 0.2) is 0 Å².